The lowest BCUT2D eigenvalue weighted by Crippen LogP contribution is -2.34. The van der Waals surface area contributed by atoms with Crippen molar-refractivity contribution >= 4 is 17.7 Å². The predicted octanol–water partition coefficient (Wildman–Crippen LogP) is 3.52. The molecule has 0 aliphatic carbocycles. The third kappa shape index (κ3) is 5.73. The van der Waals surface area contributed by atoms with Gasteiger partial charge in [-0.25, -0.2) is 9.97 Å². The molecule has 4 aromatic rings. The zero-order valence-corrected chi connectivity index (χ0v) is 19.4. The molecule has 35 heavy (non-hydrogen) atoms. The number of nitrogen functional groups attached to an aromatic ring is 1. The molecule has 0 aliphatic heterocycles. The Labute approximate surface area is 203 Å². The molecule has 178 valence electrons. The molecule has 1 amide bonds. The van der Waals surface area contributed by atoms with Crippen LogP contribution in [0.5, 0.6) is 0 Å². The fourth-order valence-corrected chi connectivity index (χ4v) is 4.08. The standard InChI is InChI=1S/C27H27N5O3/c1-31(26(20-8-4-2-5-9-20)21-10-6-3-7-11-21)25(33)17-32-16-23(30-18-32)22(27(34)35)14-19-12-13-24(28)29-15-19/h2-13,15-16,18,22,26H,14,17H2,1H3,(H2,28,29)(H,34,35). The minimum Gasteiger partial charge on any atom is -0.481 e. The van der Waals surface area contributed by atoms with Gasteiger partial charge in [-0.15, -0.1) is 0 Å². The number of aliphatic carboxylic acids is 1. The molecule has 0 spiro atoms. The van der Waals surface area contributed by atoms with Crippen LogP contribution >= 0.6 is 0 Å². The fourth-order valence-electron chi connectivity index (χ4n) is 4.08. The summed E-state index contributed by atoms with van der Waals surface area (Å²) in [5, 5.41) is 9.78. The number of carbonyl (C=O) groups excluding carboxylic acids is 1. The zero-order valence-electron chi connectivity index (χ0n) is 19.4. The first-order chi connectivity index (χ1) is 16.9. The second kappa shape index (κ2) is 10.6. The first-order valence-electron chi connectivity index (χ1n) is 11.2. The lowest BCUT2D eigenvalue weighted by Gasteiger charge is -2.29. The molecule has 0 saturated heterocycles. The molecular formula is C27H27N5O3. The highest BCUT2D eigenvalue weighted by atomic mass is 16.4. The van der Waals surface area contributed by atoms with Gasteiger partial charge in [0.2, 0.25) is 5.91 Å². The van der Waals surface area contributed by atoms with Crippen molar-refractivity contribution in [3.8, 4) is 0 Å². The summed E-state index contributed by atoms with van der Waals surface area (Å²) < 4.78 is 1.62. The summed E-state index contributed by atoms with van der Waals surface area (Å²) in [5.74, 6) is -1.61. The summed E-state index contributed by atoms with van der Waals surface area (Å²) >= 11 is 0. The number of benzene rings is 2. The molecule has 8 nitrogen and oxygen atoms in total. The maximum absolute atomic E-state index is 13.3. The summed E-state index contributed by atoms with van der Waals surface area (Å²) in [6, 6.07) is 22.8. The van der Waals surface area contributed by atoms with Gasteiger partial charge >= 0.3 is 5.97 Å². The van der Waals surface area contributed by atoms with Crippen molar-refractivity contribution in [3.63, 3.8) is 0 Å². The van der Waals surface area contributed by atoms with Gasteiger partial charge in [0.25, 0.3) is 0 Å². The largest absolute Gasteiger partial charge is 0.481 e. The van der Waals surface area contributed by atoms with Crippen LogP contribution < -0.4 is 5.73 Å². The Kier molecular flexibility index (Phi) is 7.21. The van der Waals surface area contributed by atoms with Gasteiger partial charge in [0.15, 0.2) is 0 Å². The van der Waals surface area contributed by atoms with Gasteiger partial charge in [-0.3, -0.25) is 9.59 Å². The van der Waals surface area contributed by atoms with E-state index in [-0.39, 0.29) is 24.9 Å². The normalized spacial score (nSPS) is 11.8. The molecule has 8 heteroatoms. The number of amides is 1. The minimum atomic E-state index is -0.997. The number of likely N-dealkylation sites (N-methyl/N-ethyl adjacent to an activating group) is 1. The molecule has 0 fully saturated rings. The molecule has 4 rings (SSSR count). The van der Waals surface area contributed by atoms with Crippen molar-refractivity contribution in [2.24, 2.45) is 0 Å². The first-order valence-corrected chi connectivity index (χ1v) is 11.2. The summed E-state index contributed by atoms with van der Waals surface area (Å²) in [5.41, 5.74) is 8.75. The van der Waals surface area contributed by atoms with Crippen LogP contribution in [0.15, 0.2) is 91.5 Å². The topological polar surface area (TPSA) is 114 Å². The maximum Gasteiger partial charge on any atom is 0.312 e. The van der Waals surface area contributed by atoms with Crippen molar-refractivity contribution in [3.05, 3.63) is 114 Å². The molecule has 0 aliphatic rings. The van der Waals surface area contributed by atoms with Crippen molar-refractivity contribution in [1.82, 2.24) is 19.4 Å². The fraction of sp³-hybridized carbons (Fsp3) is 0.185. The summed E-state index contributed by atoms with van der Waals surface area (Å²) in [7, 11) is 1.78. The number of hydrogen-bond donors (Lipinski definition) is 2. The van der Waals surface area contributed by atoms with Crippen molar-refractivity contribution < 1.29 is 14.7 Å². The van der Waals surface area contributed by atoms with Gasteiger partial charge in [-0.1, -0.05) is 66.7 Å². The van der Waals surface area contributed by atoms with Crippen molar-refractivity contribution in [1.29, 1.82) is 0 Å². The van der Waals surface area contributed by atoms with Gasteiger partial charge < -0.3 is 20.3 Å². The highest BCUT2D eigenvalue weighted by Crippen LogP contribution is 2.28. The van der Waals surface area contributed by atoms with E-state index in [0.717, 1.165) is 16.7 Å². The number of hydrogen-bond acceptors (Lipinski definition) is 5. The average Bonchev–Trinajstić information content (AvgIpc) is 3.32. The number of imidazole rings is 1. The van der Waals surface area contributed by atoms with E-state index in [1.165, 1.54) is 6.33 Å². The quantitative estimate of drug-likeness (QED) is 0.388. The van der Waals surface area contributed by atoms with Crippen LogP contribution in [0.1, 0.15) is 34.3 Å². The van der Waals surface area contributed by atoms with Gasteiger partial charge in [0.1, 0.15) is 18.3 Å². The number of aromatic nitrogens is 3. The minimum absolute atomic E-state index is 0.0371. The van der Waals surface area contributed by atoms with Crippen LogP contribution in [0.3, 0.4) is 0 Å². The van der Waals surface area contributed by atoms with E-state index in [1.807, 2.05) is 60.7 Å². The number of carboxylic acid groups (broad SMARTS) is 1. The van der Waals surface area contributed by atoms with Crippen LogP contribution in [-0.4, -0.2) is 43.5 Å². The molecule has 0 bridgehead atoms. The van der Waals surface area contributed by atoms with E-state index in [2.05, 4.69) is 9.97 Å². The van der Waals surface area contributed by atoms with Crippen molar-refractivity contribution in [2.75, 3.05) is 12.8 Å². The lowest BCUT2D eigenvalue weighted by atomic mass is 9.97. The highest BCUT2D eigenvalue weighted by Gasteiger charge is 2.26. The second-order valence-electron chi connectivity index (χ2n) is 8.39. The number of nitrogens with zero attached hydrogens (tertiary/aromatic N) is 4. The molecule has 3 N–H and O–H groups in total. The molecule has 2 heterocycles. The molecule has 2 aromatic carbocycles. The predicted molar refractivity (Wildman–Crippen MR) is 132 cm³/mol. The second-order valence-corrected chi connectivity index (χ2v) is 8.39. The molecule has 0 saturated carbocycles. The van der Waals surface area contributed by atoms with E-state index >= 15 is 0 Å². The van der Waals surface area contributed by atoms with Crippen molar-refractivity contribution in [2.45, 2.75) is 24.9 Å². The molecule has 1 atom stereocenters. The van der Waals surface area contributed by atoms with E-state index in [4.69, 9.17) is 5.73 Å². The number of carbonyl (C=O) groups is 2. The van der Waals surface area contributed by atoms with E-state index in [1.54, 1.807) is 41.0 Å². The molecule has 1 unspecified atom stereocenters. The van der Waals surface area contributed by atoms with Crippen LogP contribution in [0.2, 0.25) is 0 Å². The summed E-state index contributed by atoms with van der Waals surface area (Å²) in [6.07, 6.45) is 4.90. The Bertz CT molecular complexity index is 1230. The van der Waals surface area contributed by atoms with Crippen LogP contribution in [0.4, 0.5) is 5.82 Å². The average molecular weight is 470 g/mol. The van der Waals surface area contributed by atoms with Crippen LogP contribution in [-0.2, 0) is 22.6 Å². The highest BCUT2D eigenvalue weighted by molar-refractivity contribution is 5.77. The van der Waals surface area contributed by atoms with Crippen LogP contribution in [0.25, 0.3) is 0 Å². The number of pyridine rings is 1. The Morgan fingerprint density at radius 1 is 0.971 bits per heavy atom. The van der Waals surface area contributed by atoms with Gasteiger partial charge in [-0.05, 0) is 29.2 Å². The zero-order chi connectivity index (χ0) is 24.8. The molecular weight excluding hydrogens is 442 g/mol. The Morgan fingerprint density at radius 2 is 1.60 bits per heavy atom. The monoisotopic (exact) mass is 469 g/mol. The number of anilines is 1. The van der Waals surface area contributed by atoms with E-state index in [0.29, 0.717) is 11.5 Å². The SMILES string of the molecule is CN(C(=O)Cn1cnc(C(Cc2ccc(N)nc2)C(=O)O)c1)C(c1ccccc1)c1ccccc1. The van der Waals surface area contributed by atoms with Gasteiger partial charge in [0.05, 0.1) is 18.1 Å². The van der Waals surface area contributed by atoms with E-state index < -0.39 is 11.9 Å². The third-order valence-corrected chi connectivity index (χ3v) is 5.92. The molecule has 2 aromatic heterocycles. The van der Waals surface area contributed by atoms with Crippen LogP contribution in [0, 0.1) is 0 Å². The van der Waals surface area contributed by atoms with E-state index in [9.17, 15) is 14.7 Å². The van der Waals surface area contributed by atoms with Gasteiger partial charge in [0, 0.05) is 19.4 Å². The third-order valence-electron chi connectivity index (χ3n) is 5.92. The smallest absolute Gasteiger partial charge is 0.312 e. The van der Waals surface area contributed by atoms with Gasteiger partial charge in [-0.2, -0.15) is 0 Å². The summed E-state index contributed by atoms with van der Waals surface area (Å²) in [4.78, 5) is 35.2. The Balaban J connectivity index is 1.52. The number of carboxylic acids is 1. The lowest BCUT2D eigenvalue weighted by molar-refractivity contribution is -0.138. The summed E-state index contributed by atoms with van der Waals surface area (Å²) in [6.45, 7) is 0.0371. The first kappa shape index (κ1) is 23.7. The number of rotatable bonds is 9. The maximum atomic E-state index is 13.3. The Hall–Kier alpha value is -4.46. The number of nitrogens with two attached hydrogens (primary N) is 1. The Morgan fingerprint density at radius 3 is 2.14 bits per heavy atom. The molecule has 0 radical (unpaired) electrons.